The van der Waals surface area contributed by atoms with Gasteiger partial charge in [-0.1, -0.05) is 6.07 Å². The lowest BCUT2D eigenvalue weighted by molar-refractivity contribution is -0.142. The van der Waals surface area contributed by atoms with Crippen molar-refractivity contribution in [2.24, 2.45) is 0 Å². The number of esters is 1. The minimum Gasteiger partial charge on any atom is -0.494 e. The van der Waals surface area contributed by atoms with E-state index < -0.39 is 0 Å². The summed E-state index contributed by atoms with van der Waals surface area (Å²) in [5.74, 6) is 0.0237. The molecule has 1 rings (SSSR count). The van der Waals surface area contributed by atoms with Gasteiger partial charge >= 0.3 is 5.97 Å². The van der Waals surface area contributed by atoms with Crippen molar-refractivity contribution < 1.29 is 14.3 Å². The van der Waals surface area contributed by atoms with Gasteiger partial charge in [-0.05, 0) is 18.6 Å². The molecule has 1 aromatic carbocycles. The summed E-state index contributed by atoms with van der Waals surface area (Å²) >= 11 is 4.19. The second-order valence-electron chi connectivity index (χ2n) is 3.25. The molecule has 0 radical (unpaired) electrons. The predicted molar refractivity (Wildman–Crippen MR) is 65.3 cm³/mol. The molecule has 0 aliphatic carbocycles. The quantitative estimate of drug-likeness (QED) is 0.656. The van der Waals surface area contributed by atoms with Crippen LogP contribution in [0.25, 0.3) is 0 Å². The van der Waals surface area contributed by atoms with Crippen LogP contribution in [0.3, 0.4) is 0 Å². The summed E-state index contributed by atoms with van der Waals surface area (Å²) in [4.78, 5) is 11.9. The number of carbonyl (C=O) groups excluding carboxylic acids is 1. The van der Waals surface area contributed by atoms with E-state index in [4.69, 9.17) is 14.7 Å². The number of hydrogen-bond donors (Lipinski definition) is 1. The van der Waals surface area contributed by atoms with Crippen LogP contribution in [-0.4, -0.2) is 19.7 Å². The molecule has 90 valence electrons. The van der Waals surface area contributed by atoms with Crippen LogP contribution < -0.4 is 4.74 Å². The second kappa shape index (κ2) is 6.16. The molecule has 0 aliphatic rings. The highest BCUT2D eigenvalue weighted by atomic mass is 32.1. The first-order chi connectivity index (χ1) is 8.13. The highest BCUT2D eigenvalue weighted by Gasteiger charge is 2.15. The van der Waals surface area contributed by atoms with Crippen molar-refractivity contribution >= 4 is 18.6 Å². The molecule has 0 heterocycles. The van der Waals surface area contributed by atoms with Gasteiger partial charge in [-0.2, -0.15) is 5.26 Å². The van der Waals surface area contributed by atoms with Crippen LogP contribution in [0.5, 0.6) is 5.75 Å². The van der Waals surface area contributed by atoms with Crippen LogP contribution in [0.1, 0.15) is 18.1 Å². The van der Waals surface area contributed by atoms with Gasteiger partial charge in [-0.25, -0.2) is 0 Å². The molecule has 0 unspecified atom stereocenters. The molecule has 0 aromatic heterocycles. The predicted octanol–water partition coefficient (Wildman–Crippen LogP) is 1.96. The molecular weight excluding hydrogens is 238 g/mol. The first kappa shape index (κ1) is 13.4. The van der Waals surface area contributed by atoms with Crippen LogP contribution in [0.4, 0.5) is 0 Å². The summed E-state index contributed by atoms with van der Waals surface area (Å²) < 4.78 is 9.94. The summed E-state index contributed by atoms with van der Waals surface area (Å²) in [5.41, 5.74) is 0.911. The standard InChI is InChI=1S/C12H13NO3S/c1-3-16-11(14)6-8-4-5-10(17)12(15-2)9(8)7-13/h4-5,17H,3,6H2,1-2H3. The fourth-order valence-corrected chi connectivity index (χ4v) is 1.73. The average molecular weight is 251 g/mol. The summed E-state index contributed by atoms with van der Waals surface area (Å²) in [5, 5.41) is 9.08. The number of thiol groups is 1. The van der Waals surface area contributed by atoms with Crippen molar-refractivity contribution in [1.29, 1.82) is 5.26 Å². The molecule has 0 saturated carbocycles. The zero-order valence-electron chi connectivity index (χ0n) is 9.69. The third-order valence-electron chi connectivity index (χ3n) is 2.18. The lowest BCUT2D eigenvalue weighted by Gasteiger charge is -2.10. The highest BCUT2D eigenvalue weighted by Crippen LogP contribution is 2.29. The zero-order chi connectivity index (χ0) is 12.8. The van der Waals surface area contributed by atoms with Gasteiger partial charge in [-0.3, -0.25) is 4.79 Å². The van der Waals surface area contributed by atoms with Crippen LogP contribution in [0, 0.1) is 11.3 Å². The fourth-order valence-electron chi connectivity index (χ4n) is 1.46. The number of methoxy groups -OCH3 is 1. The maximum atomic E-state index is 11.4. The molecule has 4 nitrogen and oxygen atoms in total. The van der Waals surface area contributed by atoms with Crippen LogP contribution in [0.15, 0.2) is 17.0 Å². The third-order valence-corrected chi connectivity index (χ3v) is 2.53. The number of nitrogens with zero attached hydrogens (tertiary/aromatic N) is 1. The maximum Gasteiger partial charge on any atom is 0.310 e. The van der Waals surface area contributed by atoms with E-state index in [9.17, 15) is 4.79 Å². The zero-order valence-corrected chi connectivity index (χ0v) is 10.6. The van der Waals surface area contributed by atoms with Crippen molar-refractivity contribution in [2.45, 2.75) is 18.2 Å². The van der Waals surface area contributed by atoms with Crippen molar-refractivity contribution in [2.75, 3.05) is 13.7 Å². The van der Waals surface area contributed by atoms with E-state index in [1.54, 1.807) is 19.1 Å². The molecule has 17 heavy (non-hydrogen) atoms. The van der Waals surface area contributed by atoms with Gasteiger partial charge in [0.25, 0.3) is 0 Å². The Bertz CT molecular complexity index is 466. The van der Waals surface area contributed by atoms with Gasteiger partial charge < -0.3 is 9.47 Å². The van der Waals surface area contributed by atoms with Gasteiger partial charge in [-0.15, -0.1) is 12.6 Å². The highest BCUT2D eigenvalue weighted by molar-refractivity contribution is 7.80. The van der Waals surface area contributed by atoms with E-state index in [-0.39, 0.29) is 12.4 Å². The molecule has 5 heteroatoms. The van der Waals surface area contributed by atoms with Crippen molar-refractivity contribution in [1.82, 2.24) is 0 Å². The number of ether oxygens (including phenoxy) is 2. The molecule has 0 atom stereocenters. The Kier molecular flexibility index (Phi) is 4.85. The Morgan fingerprint density at radius 2 is 2.24 bits per heavy atom. The van der Waals surface area contributed by atoms with E-state index in [0.717, 1.165) is 0 Å². The Balaban J connectivity index is 3.09. The number of rotatable bonds is 4. The van der Waals surface area contributed by atoms with Crippen molar-refractivity contribution in [3.05, 3.63) is 23.3 Å². The Labute approximate surface area is 106 Å². The van der Waals surface area contributed by atoms with Crippen LogP contribution in [0.2, 0.25) is 0 Å². The SMILES string of the molecule is CCOC(=O)Cc1ccc(S)c(OC)c1C#N. The van der Waals surface area contributed by atoms with Gasteiger partial charge in [0.1, 0.15) is 11.8 Å². The monoisotopic (exact) mass is 251 g/mol. The first-order valence-electron chi connectivity index (χ1n) is 5.08. The topological polar surface area (TPSA) is 59.3 Å². The number of nitriles is 1. The number of hydrogen-bond acceptors (Lipinski definition) is 5. The molecule has 0 spiro atoms. The lowest BCUT2D eigenvalue weighted by Crippen LogP contribution is -2.09. The molecule has 0 fully saturated rings. The summed E-state index contributed by atoms with van der Waals surface area (Å²) in [6.07, 6.45) is 0.0567. The lowest BCUT2D eigenvalue weighted by atomic mass is 10.0. The molecule has 0 bridgehead atoms. The Morgan fingerprint density at radius 1 is 1.53 bits per heavy atom. The summed E-state index contributed by atoms with van der Waals surface area (Å²) in [6.45, 7) is 2.06. The summed E-state index contributed by atoms with van der Waals surface area (Å²) in [6, 6.07) is 5.39. The third kappa shape index (κ3) is 3.14. The van der Waals surface area contributed by atoms with E-state index >= 15 is 0 Å². The second-order valence-corrected chi connectivity index (χ2v) is 3.73. The smallest absolute Gasteiger partial charge is 0.310 e. The Hall–Kier alpha value is -1.67. The summed E-state index contributed by atoms with van der Waals surface area (Å²) in [7, 11) is 1.46. The van der Waals surface area contributed by atoms with Gasteiger partial charge in [0, 0.05) is 4.90 Å². The van der Waals surface area contributed by atoms with E-state index in [1.807, 2.05) is 6.07 Å². The normalized spacial score (nSPS) is 9.53. The van der Waals surface area contributed by atoms with E-state index in [1.165, 1.54) is 7.11 Å². The van der Waals surface area contributed by atoms with Crippen LogP contribution in [-0.2, 0) is 16.0 Å². The van der Waals surface area contributed by atoms with Crippen molar-refractivity contribution in [3.8, 4) is 11.8 Å². The first-order valence-corrected chi connectivity index (χ1v) is 5.53. The molecule has 0 N–H and O–H groups in total. The molecular formula is C12H13NO3S. The molecule has 0 saturated heterocycles. The minimum absolute atomic E-state index is 0.0567. The van der Waals surface area contributed by atoms with Gasteiger partial charge in [0.2, 0.25) is 0 Å². The fraction of sp³-hybridized carbons (Fsp3) is 0.333. The van der Waals surface area contributed by atoms with E-state index in [2.05, 4.69) is 12.6 Å². The maximum absolute atomic E-state index is 11.4. The molecule has 1 aromatic rings. The molecule has 0 aliphatic heterocycles. The largest absolute Gasteiger partial charge is 0.494 e. The number of benzene rings is 1. The Morgan fingerprint density at radius 3 is 2.76 bits per heavy atom. The van der Waals surface area contributed by atoms with Crippen molar-refractivity contribution in [3.63, 3.8) is 0 Å². The van der Waals surface area contributed by atoms with E-state index in [0.29, 0.717) is 28.4 Å². The van der Waals surface area contributed by atoms with Gasteiger partial charge in [0.05, 0.1) is 25.7 Å². The van der Waals surface area contributed by atoms with Gasteiger partial charge in [0.15, 0.2) is 0 Å². The minimum atomic E-state index is -0.363. The number of carbonyl (C=O) groups is 1. The molecule has 0 amide bonds. The van der Waals surface area contributed by atoms with Crippen LogP contribution >= 0.6 is 12.6 Å². The average Bonchev–Trinajstić information content (AvgIpc) is 2.31.